The molecular formula is C26H29NO4. The molecule has 2 aliphatic carbocycles. The zero-order valence-corrected chi connectivity index (χ0v) is 18.0. The number of nitrogens with one attached hydrogen (secondary N) is 1. The van der Waals surface area contributed by atoms with Crippen LogP contribution in [0.1, 0.15) is 48.9 Å². The van der Waals surface area contributed by atoms with Crippen LogP contribution in [0.3, 0.4) is 0 Å². The van der Waals surface area contributed by atoms with Crippen molar-refractivity contribution in [3.8, 4) is 11.5 Å². The summed E-state index contributed by atoms with van der Waals surface area (Å²) < 4.78 is 11.9. The van der Waals surface area contributed by atoms with Gasteiger partial charge in [-0.3, -0.25) is 4.79 Å². The molecule has 2 N–H and O–H groups in total. The molecule has 0 aromatic heterocycles. The number of carbonyl (C=O) groups excluding carboxylic acids is 1. The van der Waals surface area contributed by atoms with E-state index < -0.39 is 6.10 Å². The van der Waals surface area contributed by atoms with Crippen molar-refractivity contribution in [1.29, 1.82) is 0 Å². The molecule has 1 spiro atoms. The van der Waals surface area contributed by atoms with E-state index in [2.05, 4.69) is 17.5 Å². The molecule has 1 amide bonds. The number of aliphatic hydroxyl groups excluding tert-OH is 1. The third-order valence-electron chi connectivity index (χ3n) is 7.20. The minimum atomic E-state index is -0.506. The third kappa shape index (κ3) is 3.32. The fourth-order valence-electron chi connectivity index (χ4n) is 5.53. The van der Waals surface area contributed by atoms with Gasteiger partial charge in [0.05, 0.1) is 24.7 Å². The van der Waals surface area contributed by atoms with Crippen LogP contribution in [0, 0.1) is 5.92 Å². The van der Waals surface area contributed by atoms with Crippen molar-refractivity contribution >= 4 is 5.91 Å². The second-order valence-electron chi connectivity index (χ2n) is 9.02. The van der Waals surface area contributed by atoms with Gasteiger partial charge >= 0.3 is 0 Å². The highest BCUT2D eigenvalue weighted by molar-refractivity contribution is 5.80. The maximum absolute atomic E-state index is 13.3. The van der Waals surface area contributed by atoms with Crippen molar-refractivity contribution in [3.63, 3.8) is 0 Å². The fraction of sp³-hybridized carbons (Fsp3) is 0.423. The average Bonchev–Trinajstić information content (AvgIpc) is 3.01. The van der Waals surface area contributed by atoms with Gasteiger partial charge in [0.1, 0.15) is 6.10 Å². The molecule has 5 nitrogen and oxygen atoms in total. The van der Waals surface area contributed by atoms with E-state index >= 15 is 0 Å². The molecule has 1 heterocycles. The highest BCUT2D eigenvalue weighted by Gasteiger charge is 2.53. The first kappa shape index (κ1) is 20.1. The highest BCUT2D eigenvalue weighted by Crippen LogP contribution is 2.56. The normalized spacial score (nSPS) is 29.2. The summed E-state index contributed by atoms with van der Waals surface area (Å²) in [6, 6.07) is 14.0. The molecule has 5 unspecified atom stereocenters. The van der Waals surface area contributed by atoms with Crippen LogP contribution < -0.4 is 14.8 Å². The largest absolute Gasteiger partial charge is 0.493 e. The molecule has 0 bridgehead atoms. The Kier molecular flexibility index (Phi) is 5.01. The van der Waals surface area contributed by atoms with E-state index in [-0.39, 0.29) is 29.4 Å². The zero-order valence-electron chi connectivity index (χ0n) is 18.0. The summed E-state index contributed by atoms with van der Waals surface area (Å²) in [6.45, 7) is 2.03. The summed E-state index contributed by atoms with van der Waals surface area (Å²) in [6.07, 6.45) is 6.17. The van der Waals surface area contributed by atoms with Gasteiger partial charge in [-0.05, 0) is 43.4 Å². The maximum atomic E-state index is 13.3. The Morgan fingerprint density at radius 3 is 2.84 bits per heavy atom. The van der Waals surface area contributed by atoms with Crippen molar-refractivity contribution in [1.82, 2.24) is 5.32 Å². The van der Waals surface area contributed by atoms with E-state index in [1.807, 2.05) is 49.4 Å². The number of hydrogen-bond acceptors (Lipinski definition) is 4. The maximum Gasteiger partial charge on any atom is 0.223 e. The van der Waals surface area contributed by atoms with Gasteiger partial charge in [-0.1, -0.05) is 48.6 Å². The molecule has 1 aliphatic heterocycles. The molecule has 0 radical (unpaired) electrons. The SMILES string of the molecule is COc1ccc2c3c1OC1CC(O)C=CC31CCC(C(=O)NC(C)c1ccccc1)C2. The minimum absolute atomic E-state index is 0.0366. The van der Waals surface area contributed by atoms with Gasteiger partial charge in [0.25, 0.3) is 0 Å². The van der Waals surface area contributed by atoms with Gasteiger partial charge in [-0.2, -0.15) is 0 Å². The van der Waals surface area contributed by atoms with E-state index in [1.54, 1.807) is 7.11 Å². The molecular weight excluding hydrogens is 390 g/mol. The average molecular weight is 420 g/mol. The Bertz CT molecular complexity index is 1020. The predicted molar refractivity (Wildman–Crippen MR) is 118 cm³/mol. The van der Waals surface area contributed by atoms with Crippen molar-refractivity contribution in [2.75, 3.05) is 7.11 Å². The molecule has 0 saturated heterocycles. The topological polar surface area (TPSA) is 67.8 Å². The summed E-state index contributed by atoms with van der Waals surface area (Å²) in [5.74, 6) is 1.48. The van der Waals surface area contributed by atoms with Gasteiger partial charge < -0.3 is 19.9 Å². The van der Waals surface area contributed by atoms with Crippen LogP contribution in [-0.2, 0) is 16.6 Å². The van der Waals surface area contributed by atoms with E-state index in [0.717, 1.165) is 41.0 Å². The van der Waals surface area contributed by atoms with Gasteiger partial charge in [-0.15, -0.1) is 0 Å². The summed E-state index contributed by atoms with van der Waals surface area (Å²) in [7, 11) is 1.65. The molecule has 0 saturated carbocycles. The third-order valence-corrected chi connectivity index (χ3v) is 7.20. The molecule has 5 rings (SSSR count). The first-order valence-corrected chi connectivity index (χ1v) is 11.1. The van der Waals surface area contributed by atoms with Crippen molar-refractivity contribution in [2.45, 2.75) is 56.3 Å². The van der Waals surface area contributed by atoms with Crippen molar-refractivity contribution in [3.05, 3.63) is 71.3 Å². The number of hydrogen-bond donors (Lipinski definition) is 2. The molecule has 31 heavy (non-hydrogen) atoms. The molecule has 0 fully saturated rings. The lowest BCUT2D eigenvalue weighted by molar-refractivity contribution is -0.126. The Morgan fingerprint density at radius 1 is 1.26 bits per heavy atom. The van der Waals surface area contributed by atoms with E-state index in [4.69, 9.17) is 9.47 Å². The van der Waals surface area contributed by atoms with E-state index in [1.165, 1.54) is 0 Å². The molecule has 5 atom stereocenters. The first-order chi connectivity index (χ1) is 15.0. The van der Waals surface area contributed by atoms with Crippen LogP contribution in [-0.4, -0.2) is 30.3 Å². The Balaban J connectivity index is 1.46. The van der Waals surface area contributed by atoms with E-state index in [9.17, 15) is 9.90 Å². The number of ether oxygens (including phenoxy) is 2. The van der Waals surface area contributed by atoms with Gasteiger partial charge in [0.2, 0.25) is 5.91 Å². The molecule has 2 aromatic carbocycles. The number of benzene rings is 2. The number of rotatable bonds is 4. The summed E-state index contributed by atoms with van der Waals surface area (Å²) in [4.78, 5) is 13.3. The van der Waals surface area contributed by atoms with Crippen molar-refractivity contribution in [2.24, 2.45) is 5.92 Å². The quantitative estimate of drug-likeness (QED) is 0.739. The lowest BCUT2D eigenvalue weighted by Gasteiger charge is -2.35. The fourth-order valence-corrected chi connectivity index (χ4v) is 5.53. The van der Waals surface area contributed by atoms with Crippen LogP contribution in [0.2, 0.25) is 0 Å². The monoisotopic (exact) mass is 419 g/mol. The van der Waals surface area contributed by atoms with Crippen LogP contribution in [0.25, 0.3) is 0 Å². The second kappa shape index (κ2) is 7.72. The first-order valence-electron chi connectivity index (χ1n) is 11.1. The lowest BCUT2D eigenvalue weighted by Crippen LogP contribution is -2.42. The summed E-state index contributed by atoms with van der Waals surface area (Å²) >= 11 is 0. The summed E-state index contributed by atoms with van der Waals surface area (Å²) in [5.41, 5.74) is 3.08. The van der Waals surface area contributed by atoms with E-state index in [0.29, 0.717) is 12.8 Å². The standard InChI is InChI=1S/C26H29NO4/c1-16(17-6-4-3-5-7-17)27-25(29)19-10-12-26-13-11-20(28)15-22(26)31-24-21(30-2)9-8-18(14-19)23(24)26/h3-9,11,13,16,19-20,22,28H,10,12,14-15H2,1-2H3,(H,27,29). The molecule has 162 valence electrons. The number of amides is 1. The van der Waals surface area contributed by atoms with Crippen LogP contribution >= 0.6 is 0 Å². The highest BCUT2D eigenvalue weighted by atomic mass is 16.5. The van der Waals surface area contributed by atoms with Crippen LogP contribution in [0.5, 0.6) is 11.5 Å². The molecule has 5 heteroatoms. The van der Waals surface area contributed by atoms with Crippen molar-refractivity contribution < 1.29 is 19.4 Å². The smallest absolute Gasteiger partial charge is 0.223 e. The molecule has 2 aromatic rings. The number of aliphatic hydroxyl groups is 1. The number of methoxy groups -OCH3 is 1. The Hall–Kier alpha value is -2.79. The molecule has 3 aliphatic rings. The second-order valence-corrected chi connectivity index (χ2v) is 9.02. The van der Waals surface area contributed by atoms with Gasteiger partial charge in [0, 0.05) is 17.9 Å². The Morgan fingerprint density at radius 2 is 2.06 bits per heavy atom. The number of carbonyl (C=O) groups is 1. The Labute approximate surface area is 183 Å². The lowest BCUT2D eigenvalue weighted by atomic mass is 9.69. The minimum Gasteiger partial charge on any atom is -0.493 e. The van der Waals surface area contributed by atoms with Crippen LogP contribution in [0.15, 0.2) is 54.6 Å². The predicted octanol–water partition coefficient (Wildman–Crippen LogP) is 3.84. The zero-order chi connectivity index (χ0) is 21.6. The van der Waals surface area contributed by atoms with Gasteiger partial charge in [0.15, 0.2) is 11.5 Å². The van der Waals surface area contributed by atoms with Gasteiger partial charge in [-0.25, -0.2) is 0 Å². The summed E-state index contributed by atoms with van der Waals surface area (Å²) in [5, 5.41) is 13.4. The van der Waals surface area contributed by atoms with Crippen LogP contribution in [0.4, 0.5) is 0 Å².